The number of aryl methyl sites for hydroxylation is 1. The van der Waals surface area contributed by atoms with Gasteiger partial charge in [-0.2, -0.15) is 0 Å². The molecule has 2 rings (SSSR count). The average Bonchev–Trinajstić information content (AvgIpc) is 2.42. The number of hydrogen-bond acceptors (Lipinski definition) is 3. The monoisotopic (exact) mass is 266 g/mol. The van der Waals surface area contributed by atoms with Crippen LogP contribution in [0.25, 0.3) is 0 Å². The van der Waals surface area contributed by atoms with Crippen molar-refractivity contribution >= 4 is 11.6 Å². The minimum atomic E-state index is -0.859. The van der Waals surface area contributed by atoms with Gasteiger partial charge in [-0.05, 0) is 50.6 Å². The lowest BCUT2D eigenvalue weighted by molar-refractivity contribution is -0.140. The summed E-state index contributed by atoms with van der Waals surface area (Å²) in [6.45, 7) is 3.24. The zero-order chi connectivity index (χ0) is 13.9. The lowest BCUT2D eigenvalue weighted by Gasteiger charge is -2.34. The van der Waals surface area contributed by atoms with Crippen LogP contribution in [0.5, 0.6) is 0 Å². The second-order valence-electron chi connectivity index (χ2n) is 4.89. The Kier molecular flexibility index (Phi) is 4.17. The summed E-state index contributed by atoms with van der Waals surface area (Å²) >= 11 is 0. The molecule has 0 unspecified atom stereocenters. The molecular weight excluding hydrogens is 247 g/mol. The molecule has 1 aliphatic heterocycles. The Morgan fingerprint density at radius 3 is 2.68 bits per heavy atom. The van der Waals surface area contributed by atoms with Crippen LogP contribution in [0.3, 0.4) is 0 Å². The second kappa shape index (κ2) is 5.67. The molecule has 0 aliphatic carbocycles. The van der Waals surface area contributed by atoms with Gasteiger partial charge in [0.2, 0.25) is 0 Å². The molecular formula is C14H19FN2O2. The van der Waals surface area contributed by atoms with Gasteiger partial charge >= 0.3 is 0 Å². The molecule has 19 heavy (non-hydrogen) atoms. The number of nitrogens with one attached hydrogen (secondary N) is 2. The van der Waals surface area contributed by atoms with Gasteiger partial charge in [0.15, 0.2) is 0 Å². The molecule has 0 spiro atoms. The number of methoxy groups -OCH3 is 1. The fourth-order valence-corrected chi connectivity index (χ4v) is 2.31. The zero-order valence-electron chi connectivity index (χ0n) is 11.3. The van der Waals surface area contributed by atoms with Gasteiger partial charge in [0.05, 0.1) is 5.69 Å². The first-order chi connectivity index (χ1) is 9.07. The second-order valence-corrected chi connectivity index (χ2v) is 4.89. The molecule has 0 aromatic heterocycles. The first-order valence-electron chi connectivity index (χ1n) is 6.41. The number of anilines is 1. The van der Waals surface area contributed by atoms with Crippen LogP contribution in [-0.4, -0.2) is 31.7 Å². The summed E-state index contributed by atoms with van der Waals surface area (Å²) in [7, 11) is 1.52. The number of carbonyl (C=O) groups excluding carboxylic acids is 1. The third-order valence-electron chi connectivity index (χ3n) is 3.59. The number of piperidine rings is 1. The molecule has 0 bridgehead atoms. The molecule has 0 radical (unpaired) electrons. The van der Waals surface area contributed by atoms with Crippen molar-refractivity contribution in [1.29, 1.82) is 0 Å². The van der Waals surface area contributed by atoms with Gasteiger partial charge in [0.1, 0.15) is 11.4 Å². The van der Waals surface area contributed by atoms with Crippen molar-refractivity contribution in [3.05, 3.63) is 29.6 Å². The standard InChI is InChI=1S/C14H19FN2O2/c1-10-3-4-12(11(15)9-10)17-13(18)14(19-2)5-7-16-8-6-14/h3-4,9,16H,5-8H2,1-2H3,(H,17,18). The molecule has 4 nitrogen and oxygen atoms in total. The summed E-state index contributed by atoms with van der Waals surface area (Å²) in [6.07, 6.45) is 1.17. The topological polar surface area (TPSA) is 50.4 Å². The van der Waals surface area contributed by atoms with Gasteiger partial charge in [-0.25, -0.2) is 4.39 Å². The highest BCUT2D eigenvalue weighted by Gasteiger charge is 2.39. The molecule has 1 aromatic carbocycles. The predicted molar refractivity (Wildman–Crippen MR) is 71.6 cm³/mol. The smallest absolute Gasteiger partial charge is 0.256 e. The summed E-state index contributed by atoms with van der Waals surface area (Å²) < 4.78 is 19.1. The molecule has 5 heteroatoms. The largest absolute Gasteiger partial charge is 0.368 e. The van der Waals surface area contributed by atoms with E-state index >= 15 is 0 Å². The number of rotatable bonds is 3. The van der Waals surface area contributed by atoms with Gasteiger partial charge in [-0.3, -0.25) is 4.79 Å². The highest BCUT2D eigenvalue weighted by Crippen LogP contribution is 2.25. The number of ether oxygens (including phenoxy) is 1. The van der Waals surface area contributed by atoms with Crippen molar-refractivity contribution in [2.75, 3.05) is 25.5 Å². The number of amides is 1. The average molecular weight is 266 g/mol. The Morgan fingerprint density at radius 2 is 2.11 bits per heavy atom. The number of carbonyl (C=O) groups is 1. The molecule has 104 valence electrons. The normalized spacial score (nSPS) is 18.1. The summed E-state index contributed by atoms with van der Waals surface area (Å²) in [6, 6.07) is 4.74. The fourth-order valence-electron chi connectivity index (χ4n) is 2.31. The molecule has 2 N–H and O–H groups in total. The SMILES string of the molecule is COC1(C(=O)Nc2ccc(C)cc2F)CCNCC1. The van der Waals surface area contributed by atoms with E-state index in [2.05, 4.69) is 10.6 Å². The Hall–Kier alpha value is -1.46. The Bertz CT molecular complexity index is 471. The number of benzene rings is 1. The Morgan fingerprint density at radius 1 is 1.42 bits per heavy atom. The Labute approximate surface area is 112 Å². The van der Waals surface area contributed by atoms with Crippen molar-refractivity contribution in [3.8, 4) is 0 Å². The molecule has 1 heterocycles. The van der Waals surface area contributed by atoms with Crippen LogP contribution in [-0.2, 0) is 9.53 Å². The van der Waals surface area contributed by atoms with E-state index in [-0.39, 0.29) is 11.6 Å². The third-order valence-corrected chi connectivity index (χ3v) is 3.59. The number of hydrogen-bond donors (Lipinski definition) is 2. The summed E-state index contributed by atoms with van der Waals surface area (Å²) in [5, 5.41) is 5.81. The van der Waals surface area contributed by atoms with Gasteiger partial charge in [0, 0.05) is 7.11 Å². The first kappa shape index (κ1) is 14.0. The van der Waals surface area contributed by atoms with Crippen LogP contribution in [0, 0.1) is 12.7 Å². The van der Waals surface area contributed by atoms with Gasteiger partial charge < -0.3 is 15.4 Å². The molecule has 1 aromatic rings. The third kappa shape index (κ3) is 2.93. The minimum absolute atomic E-state index is 0.200. The Balaban J connectivity index is 2.15. The first-order valence-corrected chi connectivity index (χ1v) is 6.41. The van der Waals surface area contributed by atoms with E-state index in [0.717, 1.165) is 18.7 Å². The maximum atomic E-state index is 13.7. The van der Waals surface area contributed by atoms with E-state index in [9.17, 15) is 9.18 Å². The van der Waals surface area contributed by atoms with Gasteiger partial charge in [-0.15, -0.1) is 0 Å². The van der Waals surface area contributed by atoms with Crippen LogP contribution in [0.1, 0.15) is 18.4 Å². The predicted octanol–water partition coefficient (Wildman–Crippen LogP) is 1.84. The summed E-state index contributed by atoms with van der Waals surface area (Å²) in [4.78, 5) is 12.3. The van der Waals surface area contributed by atoms with Crippen LogP contribution >= 0.6 is 0 Å². The molecule has 0 atom stereocenters. The van der Waals surface area contributed by atoms with E-state index in [1.807, 2.05) is 0 Å². The van der Waals surface area contributed by atoms with E-state index in [0.29, 0.717) is 12.8 Å². The summed E-state index contributed by atoms with van der Waals surface area (Å²) in [5.74, 6) is -0.701. The van der Waals surface area contributed by atoms with Crippen LogP contribution in [0.15, 0.2) is 18.2 Å². The molecule has 1 amide bonds. The molecule has 1 aliphatic rings. The molecule has 1 fully saturated rings. The lowest BCUT2D eigenvalue weighted by Crippen LogP contribution is -2.51. The lowest BCUT2D eigenvalue weighted by atomic mass is 9.91. The van der Waals surface area contributed by atoms with Gasteiger partial charge in [0.25, 0.3) is 5.91 Å². The fraction of sp³-hybridized carbons (Fsp3) is 0.500. The number of halogens is 1. The van der Waals surface area contributed by atoms with E-state index < -0.39 is 11.4 Å². The molecule has 1 saturated heterocycles. The van der Waals surface area contributed by atoms with Crippen molar-refractivity contribution < 1.29 is 13.9 Å². The van der Waals surface area contributed by atoms with Crippen molar-refractivity contribution in [1.82, 2.24) is 5.32 Å². The van der Waals surface area contributed by atoms with E-state index in [4.69, 9.17) is 4.74 Å². The van der Waals surface area contributed by atoms with Gasteiger partial charge in [-0.1, -0.05) is 6.07 Å². The maximum Gasteiger partial charge on any atom is 0.256 e. The quantitative estimate of drug-likeness (QED) is 0.877. The minimum Gasteiger partial charge on any atom is -0.368 e. The van der Waals surface area contributed by atoms with Crippen molar-refractivity contribution in [3.63, 3.8) is 0 Å². The summed E-state index contributed by atoms with van der Waals surface area (Å²) in [5.41, 5.74) is 0.159. The highest BCUT2D eigenvalue weighted by atomic mass is 19.1. The maximum absolute atomic E-state index is 13.7. The zero-order valence-corrected chi connectivity index (χ0v) is 11.3. The van der Waals surface area contributed by atoms with Crippen molar-refractivity contribution in [2.45, 2.75) is 25.4 Å². The van der Waals surface area contributed by atoms with E-state index in [1.54, 1.807) is 19.1 Å². The highest BCUT2D eigenvalue weighted by molar-refractivity contribution is 5.97. The molecule has 0 saturated carbocycles. The van der Waals surface area contributed by atoms with Crippen LogP contribution < -0.4 is 10.6 Å². The van der Waals surface area contributed by atoms with E-state index in [1.165, 1.54) is 13.2 Å². The van der Waals surface area contributed by atoms with Crippen LogP contribution in [0.4, 0.5) is 10.1 Å². The van der Waals surface area contributed by atoms with Crippen LogP contribution in [0.2, 0.25) is 0 Å². The van der Waals surface area contributed by atoms with Crippen molar-refractivity contribution in [2.24, 2.45) is 0 Å².